The molecule has 0 radical (unpaired) electrons. The van der Waals surface area contributed by atoms with Gasteiger partial charge in [0.25, 0.3) is 0 Å². The van der Waals surface area contributed by atoms with Gasteiger partial charge in [0.15, 0.2) is 0 Å². The largest absolute Gasteiger partial charge is 0.492 e. The van der Waals surface area contributed by atoms with Gasteiger partial charge in [-0.15, -0.1) is 0 Å². The third-order valence-corrected chi connectivity index (χ3v) is 2.80. The lowest BCUT2D eigenvalue weighted by molar-refractivity contribution is 0.151. The van der Waals surface area contributed by atoms with E-state index in [1.54, 1.807) is 6.07 Å². The maximum absolute atomic E-state index is 9.89. The van der Waals surface area contributed by atoms with E-state index in [0.717, 1.165) is 18.4 Å². The average Bonchev–Trinajstić information content (AvgIpc) is 2.89. The number of halogens is 1. The monoisotopic (exact) mass is 212 g/mol. The van der Waals surface area contributed by atoms with Crippen LogP contribution in [0, 0.1) is 0 Å². The van der Waals surface area contributed by atoms with E-state index >= 15 is 0 Å². The number of benzene rings is 1. The number of rotatable bonds is 3. The predicted octanol–water partition coefficient (Wildman–Crippen LogP) is 2.72. The van der Waals surface area contributed by atoms with Crippen LogP contribution < -0.4 is 4.74 Å². The summed E-state index contributed by atoms with van der Waals surface area (Å²) in [6.45, 7) is 2.50. The van der Waals surface area contributed by atoms with Gasteiger partial charge in [0.1, 0.15) is 5.75 Å². The maximum atomic E-state index is 9.89. The normalized spacial score (nSPS) is 17.9. The maximum Gasteiger partial charge on any atom is 0.138 e. The average molecular weight is 213 g/mol. The van der Waals surface area contributed by atoms with Crippen molar-refractivity contribution in [3.63, 3.8) is 0 Å². The van der Waals surface area contributed by atoms with Crippen molar-refractivity contribution >= 4 is 11.6 Å². The standard InChI is InChI=1S/C11H13ClO2/c1-2-14-10-7-8(3-4-9(10)12)11(13)5-6-11/h3-4,7,13H,2,5-6H2,1H3. The molecule has 1 aromatic carbocycles. The van der Waals surface area contributed by atoms with Gasteiger partial charge in [-0.3, -0.25) is 0 Å². The highest BCUT2D eigenvalue weighted by molar-refractivity contribution is 6.32. The third kappa shape index (κ3) is 1.72. The Bertz CT molecular complexity index is 345. The summed E-state index contributed by atoms with van der Waals surface area (Å²) in [6, 6.07) is 5.47. The van der Waals surface area contributed by atoms with Gasteiger partial charge in [-0.1, -0.05) is 17.7 Å². The fraction of sp³-hybridized carbons (Fsp3) is 0.455. The zero-order valence-electron chi connectivity index (χ0n) is 8.09. The molecule has 0 aromatic heterocycles. The second-order valence-electron chi connectivity index (χ2n) is 3.61. The lowest BCUT2D eigenvalue weighted by Crippen LogP contribution is -2.04. The molecule has 1 saturated carbocycles. The van der Waals surface area contributed by atoms with Gasteiger partial charge in [0.05, 0.1) is 17.2 Å². The van der Waals surface area contributed by atoms with Crippen molar-refractivity contribution < 1.29 is 9.84 Å². The van der Waals surface area contributed by atoms with E-state index in [2.05, 4.69) is 0 Å². The van der Waals surface area contributed by atoms with Crippen molar-refractivity contribution in [1.82, 2.24) is 0 Å². The molecule has 0 aliphatic heterocycles. The molecule has 0 amide bonds. The van der Waals surface area contributed by atoms with Crippen molar-refractivity contribution in [2.24, 2.45) is 0 Å². The number of hydrogen-bond acceptors (Lipinski definition) is 2. The minimum atomic E-state index is -0.615. The molecule has 76 valence electrons. The Kier molecular flexibility index (Phi) is 2.41. The molecule has 0 atom stereocenters. The van der Waals surface area contributed by atoms with Crippen molar-refractivity contribution in [1.29, 1.82) is 0 Å². The lowest BCUT2D eigenvalue weighted by Gasteiger charge is -2.11. The van der Waals surface area contributed by atoms with Gasteiger partial charge in [-0.2, -0.15) is 0 Å². The van der Waals surface area contributed by atoms with Gasteiger partial charge in [-0.25, -0.2) is 0 Å². The molecular formula is C11H13ClO2. The molecule has 14 heavy (non-hydrogen) atoms. The Morgan fingerprint density at radius 3 is 2.79 bits per heavy atom. The number of ether oxygens (including phenoxy) is 1. The zero-order valence-corrected chi connectivity index (χ0v) is 8.84. The van der Waals surface area contributed by atoms with Crippen LogP contribution in [0.1, 0.15) is 25.3 Å². The minimum absolute atomic E-state index is 0.585. The first-order valence-corrected chi connectivity index (χ1v) is 5.19. The van der Waals surface area contributed by atoms with E-state index in [9.17, 15) is 5.11 Å². The molecule has 0 unspecified atom stereocenters. The Balaban J connectivity index is 2.31. The number of aliphatic hydroxyl groups is 1. The first kappa shape index (κ1) is 9.81. The van der Waals surface area contributed by atoms with Crippen LogP contribution in [-0.2, 0) is 5.60 Å². The van der Waals surface area contributed by atoms with E-state index in [0.29, 0.717) is 17.4 Å². The van der Waals surface area contributed by atoms with Gasteiger partial charge >= 0.3 is 0 Å². The van der Waals surface area contributed by atoms with Crippen LogP contribution in [0.15, 0.2) is 18.2 Å². The Morgan fingerprint density at radius 2 is 2.21 bits per heavy atom. The van der Waals surface area contributed by atoms with E-state index in [1.807, 2.05) is 19.1 Å². The molecule has 1 aliphatic rings. The highest BCUT2D eigenvalue weighted by Gasteiger charge is 2.42. The summed E-state index contributed by atoms with van der Waals surface area (Å²) in [7, 11) is 0. The van der Waals surface area contributed by atoms with Crippen molar-refractivity contribution in [3.8, 4) is 5.75 Å². The van der Waals surface area contributed by atoms with Crippen LogP contribution >= 0.6 is 11.6 Å². The Morgan fingerprint density at radius 1 is 1.50 bits per heavy atom. The SMILES string of the molecule is CCOc1cc(C2(O)CC2)ccc1Cl. The third-order valence-electron chi connectivity index (χ3n) is 2.49. The topological polar surface area (TPSA) is 29.5 Å². The molecule has 1 aromatic rings. The zero-order chi connectivity index (χ0) is 10.2. The van der Waals surface area contributed by atoms with Crippen LogP contribution in [-0.4, -0.2) is 11.7 Å². The molecule has 0 saturated heterocycles. The first-order valence-electron chi connectivity index (χ1n) is 4.81. The van der Waals surface area contributed by atoms with Gasteiger partial charge in [0, 0.05) is 0 Å². The molecule has 1 fully saturated rings. The fourth-order valence-electron chi connectivity index (χ4n) is 1.47. The van der Waals surface area contributed by atoms with E-state index in [1.165, 1.54) is 0 Å². The summed E-state index contributed by atoms with van der Waals surface area (Å²) >= 11 is 5.94. The molecule has 1 aliphatic carbocycles. The van der Waals surface area contributed by atoms with Crippen LogP contribution in [0.2, 0.25) is 5.02 Å². The highest BCUT2D eigenvalue weighted by atomic mass is 35.5. The molecule has 0 spiro atoms. The molecule has 2 rings (SSSR count). The van der Waals surface area contributed by atoms with Crippen LogP contribution in [0.3, 0.4) is 0 Å². The second kappa shape index (κ2) is 3.44. The van der Waals surface area contributed by atoms with E-state index < -0.39 is 5.60 Å². The van der Waals surface area contributed by atoms with E-state index in [-0.39, 0.29) is 0 Å². The summed E-state index contributed by atoms with van der Waals surface area (Å²) < 4.78 is 5.36. The minimum Gasteiger partial charge on any atom is -0.492 e. The lowest BCUT2D eigenvalue weighted by atomic mass is 10.1. The summed E-state index contributed by atoms with van der Waals surface area (Å²) in [5.74, 6) is 0.659. The molecule has 0 heterocycles. The predicted molar refractivity (Wildman–Crippen MR) is 55.8 cm³/mol. The van der Waals surface area contributed by atoms with Gasteiger partial charge < -0.3 is 9.84 Å². The molecule has 0 bridgehead atoms. The molecule has 3 heteroatoms. The summed E-state index contributed by atoms with van der Waals surface area (Å²) in [5, 5.41) is 10.5. The van der Waals surface area contributed by atoms with Crippen LogP contribution in [0.4, 0.5) is 0 Å². The first-order chi connectivity index (χ1) is 6.65. The quantitative estimate of drug-likeness (QED) is 0.835. The molecule has 1 N–H and O–H groups in total. The molecular weight excluding hydrogens is 200 g/mol. The van der Waals surface area contributed by atoms with Crippen molar-refractivity contribution in [3.05, 3.63) is 28.8 Å². The second-order valence-corrected chi connectivity index (χ2v) is 4.02. The van der Waals surface area contributed by atoms with E-state index in [4.69, 9.17) is 16.3 Å². The Labute approximate surface area is 88.5 Å². The van der Waals surface area contributed by atoms with Gasteiger partial charge in [0.2, 0.25) is 0 Å². The van der Waals surface area contributed by atoms with Crippen molar-refractivity contribution in [2.75, 3.05) is 6.61 Å². The highest BCUT2D eigenvalue weighted by Crippen LogP contribution is 2.46. The number of hydrogen-bond donors (Lipinski definition) is 1. The summed E-state index contributed by atoms with van der Waals surface area (Å²) in [5.41, 5.74) is 0.293. The molecule has 2 nitrogen and oxygen atoms in total. The Hall–Kier alpha value is -0.730. The van der Waals surface area contributed by atoms with Crippen molar-refractivity contribution in [2.45, 2.75) is 25.4 Å². The van der Waals surface area contributed by atoms with Crippen LogP contribution in [0.25, 0.3) is 0 Å². The smallest absolute Gasteiger partial charge is 0.138 e. The van der Waals surface area contributed by atoms with Gasteiger partial charge in [-0.05, 0) is 37.5 Å². The van der Waals surface area contributed by atoms with Crippen LogP contribution in [0.5, 0.6) is 5.75 Å². The summed E-state index contributed by atoms with van der Waals surface area (Å²) in [4.78, 5) is 0. The summed E-state index contributed by atoms with van der Waals surface area (Å²) in [6.07, 6.45) is 1.67. The fourth-order valence-corrected chi connectivity index (χ4v) is 1.64.